The Morgan fingerprint density at radius 1 is 0.301 bits per heavy atom. The van der Waals surface area contributed by atoms with Gasteiger partial charge in [-0.25, -0.2) is 0 Å². The first-order chi connectivity index (χ1) is 40.5. The Hall–Kier alpha value is -2.61. The topological polar surface area (TPSA) is 158 Å². The summed E-state index contributed by atoms with van der Waals surface area (Å²) in [4.78, 5) is 45.5. The lowest BCUT2D eigenvalue weighted by molar-refractivity contribution is -0.132. The highest BCUT2D eigenvalue weighted by molar-refractivity contribution is 5.81. The van der Waals surface area contributed by atoms with Gasteiger partial charge in [0.15, 0.2) is 0 Å². The maximum atomic E-state index is 13.2. The number of nitrogens with one attached hydrogen (secondary N) is 3. The second-order valence-corrected chi connectivity index (χ2v) is 24.8. The standard InChI is InChI=1S/C71H138N6O6/c1-6-9-12-15-18-21-24-27-30-33-36-39-42-45-48-51-56-72-69(81)66(78)63-76(60-54-59-75(4)5)61-55-62-77(64-67(79)70(82)73-57-52-49-46-43-40-37-34-31-28-25-22-19-16-13-10-7-2)65-68(80)71(83)74-58-53-50-47-44-41-38-35-32-29-26-23-20-17-14-11-8-3/h27-32,66-68,78-80H,6-26,33-65H2,1-5H3,(H,72,81)(H,73,82)(H,74,83)/b30-27-,31-28-,32-29-. The summed E-state index contributed by atoms with van der Waals surface area (Å²) in [5.41, 5.74) is 0. The number of carbonyl (C=O) groups excluding carboxylic acids is 3. The molecule has 6 N–H and O–H groups in total. The molecule has 0 bridgehead atoms. The van der Waals surface area contributed by atoms with Crippen LogP contribution in [0.3, 0.4) is 0 Å². The van der Waals surface area contributed by atoms with Gasteiger partial charge in [-0.05, 0) is 149 Å². The number of hydrogen-bond donors (Lipinski definition) is 6. The number of carbonyl (C=O) groups is 3. The molecule has 3 unspecified atom stereocenters. The van der Waals surface area contributed by atoms with Crippen molar-refractivity contribution < 1.29 is 29.7 Å². The zero-order valence-electron chi connectivity index (χ0n) is 55.3. The maximum absolute atomic E-state index is 13.2. The fourth-order valence-corrected chi connectivity index (χ4v) is 10.8. The van der Waals surface area contributed by atoms with Crippen LogP contribution in [0.4, 0.5) is 0 Å². The summed E-state index contributed by atoms with van der Waals surface area (Å²) in [7, 11) is 4.06. The fourth-order valence-electron chi connectivity index (χ4n) is 10.8. The van der Waals surface area contributed by atoms with Crippen LogP contribution in [0.2, 0.25) is 0 Å². The van der Waals surface area contributed by atoms with E-state index >= 15 is 0 Å². The van der Waals surface area contributed by atoms with E-state index in [1.807, 2.05) is 14.1 Å². The molecule has 0 aliphatic rings. The smallest absolute Gasteiger partial charge is 0.250 e. The molecule has 0 aromatic carbocycles. The van der Waals surface area contributed by atoms with Gasteiger partial charge < -0.3 is 41.1 Å². The molecule has 12 nitrogen and oxygen atoms in total. The summed E-state index contributed by atoms with van der Waals surface area (Å²) in [6.45, 7) is 11.0. The van der Waals surface area contributed by atoms with E-state index in [0.717, 1.165) is 90.0 Å². The molecule has 83 heavy (non-hydrogen) atoms. The largest absolute Gasteiger partial charge is 0.382 e. The predicted octanol–water partition coefficient (Wildman–Crippen LogP) is 15.5. The molecule has 488 valence electrons. The Morgan fingerprint density at radius 2 is 0.518 bits per heavy atom. The van der Waals surface area contributed by atoms with E-state index in [1.165, 1.54) is 193 Å². The van der Waals surface area contributed by atoms with E-state index in [9.17, 15) is 29.7 Å². The lowest BCUT2D eigenvalue weighted by Gasteiger charge is -2.29. The molecule has 12 heteroatoms. The van der Waals surface area contributed by atoms with Crippen LogP contribution in [-0.2, 0) is 14.4 Å². The zero-order chi connectivity index (χ0) is 60.7. The van der Waals surface area contributed by atoms with Crippen LogP contribution in [0.25, 0.3) is 0 Å². The molecule has 0 radical (unpaired) electrons. The minimum atomic E-state index is -1.32. The minimum Gasteiger partial charge on any atom is -0.382 e. The van der Waals surface area contributed by atoms with Gasteiger partial charge in [-0.2, -0.15) is 0 Å². The third-order valence-corrected chi connectivity index (χ3v) is 16.2. The van der Waals surface area contributed by atoms with Crippen molar-refractivity contribution in [3.8, 4) is 0 Å². The molecule has 0 fully saturated rings. The van der Waals surface area contributed by atoms with Gasteiger partial charge in [0, 0.05) is 39.3 Å². The Kier molecular flexibility index (Phi) is 61.9. The van der Waals surface area contributed by atoms with Crippen molar-refractivity contribution in [2.24, 2.45) is 0 Å². The Bertz CT molecular complexity index is 1430. The number of allylic oxidation sites excluding steroid dienone is 6. The average molecular weight is 1170 g/mol. The molecule has 0 heterocycles. The molecule has 3 amide bonds. The second kappa shape index (κ2) is 63.9. The zero-order valence-corrected chi connectivity index (χ0v) is 55.3. The van der Waals surface area contributed by atoms with Crippen LogP contribution in [0, 0.1) is 0 Å². The van der Waals surface area contributed by atoms with Crippen LogP contribution < -0.4 is 16.0 Å². The van der Waals surface area contributed by atoms with Crippen LogP contribution in [0.1, 0.15) is 303 Å². The van der Waals surface area contributed by atoms with Gasteiger partial charge in [0.2, 0.25) is 17.7 Å². The first kappa shape index (κ1) is 80.4. The van der Waals surface area contributed by atoms with Gasteiger partial charge in [0.25, 0.3) is 0 Å². The first-order valence-corrected chi connectivity index (χ1v) is 35.5. The normalized spacial score (nSPS) is 13.2. The van der Waals surface area contributed by atoms with Crippen molar-refractivity contribution in [3.63, 3.8) is 0 Å². The summed E-state index contributed by atoms with van der Waals surface area (Å²) in [5.74, 6) is -1.24. The summed E-state index contributed by atoms with van der Waals surface area (Å²) < 4.78 is 0. The van der Waals surface area contributed by atoms with E-state index in [-0.39, 0.29) is 25.5 Å². The molecule has 0 aromatic heterocycles. The second-order valence-electron chi connectivity index (χ2n) is 24.8. The van der Waals surface area contributed by atoms with Crippen molar-refractivity contribution in [2.45, 2.75) is 322 Å². The summed E-state index contributed by atoms with van der Waals surface area (Å²) in [6, 6.07) is 0. The number of rotatable bonds is 65. The fraction of sp³-hybridized carbons (Fsp3) is 0.873. The summed E-state index contributed by atoms with van der Waals surface area (Å²) in [5, 5.41) is 42.2. The van der Waals surface area contributed by atoms with Crippen molar-refractivity contribution in [2.75, 3.05) is 79.5 Å². The summed E-state index contributed by atoms with van der Waals surface area (Å²) >= 11 is 0. The maximum Gasteiger partial charge on any atom is 0.250 e. The van der Waals surface area contributed by atoms with Crippen molar-refractivity contribution in [1.82, 2.24) is 30.7 Å². The van der Waals surface area contributed by atoms with E-state index in [0.29, 0.717) is 45.7 Å². The summed E-state index contributed by atoms with van der Waals surface area (Å²) in [6.07, 6.45) is 63.0. The van der Waals surface area contributed by atoms with Crippen molar-refractivity contribution >= 4 is 17.7 Å². The Labute approximate surface area is 513 Å². The van der Waals surface area contributed by atoms with Gasteiger partial charge in [-0.15, -0.1) is 0 Å². The van der Waals surface area contributed by atoms with Gasteiger partial charge in [-0.3, -0.25) is 19.3 Å². The number of hydrogen-bond acceptors (Lipinski definition) is 9. The molecule has 0 aliphatic heterocycles. The monoisotopic (exact) mass is 1170 g/mol. The van der Waals surface area contributed by atoms with E-state index in [2.05, 4.69) is 83.0 Å². The molecular formula is C71H138N6O6. The number of aliphatic hydroxyl groups is 3. The van der Waals surface area contributed by atoms with Crippen LogP contribution in [-0.4, -0.2) is 146 Å². The van der Waals surface area contributed by atoms with Gasteiger partial charge in [-0.1, -0.05) is 231 Å². The lowest BCUT2D eigenvalue weighted by Crippen LogP contribution is -2.49. The van der Waals surface area contributed by atoms with Gasteiger partial charge >= 0.3 is 0 Å². The molecule has 0 aromatic rings. The van der Waals surface area contributed by atoms with E-state index in [1.54, 1.807) is 4.90 Å². The number of nitrogens with zero attached hydrogens (tertiary/aromatic N) is 3. The average Bonchev–Trinajstić information content (AvgIpc) is 3.49. The SMILES string of the molecule is CCCCCCCC/C=C\CCCCCCCCNC(=O)C(O)CN(CCCN(C)C)CCCN(CC(O)C(=O)NCCCCCCCC/C=C\CCCCCCCC)CC(O)C(=O)NCCCCCCCC/C=C\CCCCCCCC. The van der Waals surface area contributed by atoms with Gasteiger partial charge in [0.05, 0.1) is 0 Å². The Balaban J connectivity index is 5.08. The van der Waals surface area contributed by atoms with Gasteiger partial charge in [0.1, 0.15) is 18.3 Å². The Morgan fingerprint density at radius 3 is 0.783 bits per heavy atom. The van der Waals surface area contributed by atoms with Crippen LogP contribution in [0.5, 0.6) is 0 Å². The minimum absolute atomic E-state index is 0.0269. The van der Waals surface area contributed by atoms with Crippen molar-refractivity contribution in [1.29, 1.82) is 0 Å². The number of unbranched alkanes of at least 4 members (excludes halogenated alkanes) is 36. The van der Waals surface area contributed by atoms with Crippen LogP contribution >= 0.6 is 0 Å². The highest BCUT2D eigenvalue weighted by atomic mass is 16.3. The highest BCUT2D eigenvalue weighted by Gasteiger charge is 2.25. The van der Waals surface area contributed by atoms with E-state index < -0.39 is 30.1 Å². The van der Waals surface area contributed by atoms with E-state index in [4.69, 9.17) is 0 Å². The van der Waals surface area contributed by atoms with Crippen LogP contribution in [0.15, 0.2) is 36.5 Å². The third kappa shape index (κ3) is 58.2. The third-order valence-electron chi connectivity index (χ3n) is 16.2. The predicted molar refractivity (Wildman–Crippen MR) is 356 cm³/mol. The lowest BCUT2D eigenvalue weighted by atomic mass is 10.1. The highest BCUT2D eigenvalue weighted by Crippen LogP contribution is 2.14. The number of aliphatic hydroxyl groups excluding tert-OH is 3. The molecule has 0 rings (SSSR count). The van der Waals surface area contributed by atoms with Crippen molar-refractivity contribution in [3.05, 3.63) is 36.5 Å². The first-order valence-electron chi connectivity index (χ1n) is 35.5. The molecule has 3 atom stereocenters. The quantitative estimate of drug-likeness (QED) is 0.0258. The molecule has 0 spiro atoms. The molecule has 0 saturated heterocycles. The number of amides is 3. The molecule has 0 saturated carbocycles. The molecular weight excluding hydrogens is 1030 g/mol. The molecule has 0 aliphatic carbocycles.